The number of ether oxygens (including phenoxy) is 3. The van der Waals surface area contributed by atoms with E-state index in [2.05, 4.69) is 4.98 Å². The highest BCUT2D eigenvalue weighted by Crippen LogP contribution is 2.50. The molecule has 2 aliphatic heterocycles. The fourth-order valence-electron chi connectivity index (χ4n) is 4.76. The molecule has 35 heavy (non-hydrogen) atoms. The predicted molar refractivity (Wildman–Crippen MR) is 128 cm³/mol. The van der Waals surface area contributed by atoms with Crippen LogP contribution in [0.4, 0.5) is 10.2 Å². The second-order valence-corrected chi connectivity index (χ2v) is 8.74. The van der Waals surface area contributed by atoms with Gasteiger partial charge in [0.1, 0.15) is 40.0 Å². The lowest BCUT2D eigenvalue weighted by Crippen LogP contribution is -2.48. The Labute approximate surface area is 200 Å². The van der Waals surface area contributed by atoms with E-state index in [0.717, 1.165) is 35.6 Å². The van der Waals surface area contributed by atoms with Crippen molar-refractivity contribution in [3.05, 3.63) is 72.3 Å². The Hall–Kier alpha value is -4.11. The first kappa shape index (κ1) is 21.4. The molecule has 7 rings (SSSR count). The summed E-state index contributed by atoms with van der Waals surface area (Å²) >= 11 is 0. The van der Waals surface area contributed by atoms with Gasteiger partial charge in [0.15, 0.2) is 11.5 Å². The largest absolute Gasteiger partial charge is 0.494 e. The highest BCUT2D eigenvalue weighted by Gasteiger charge is 2.48. The zero-order valence-electron chi connectivity index (χ0n) is 19.0. The van der Waals surface area contributed by atoms with Gasteiger partial charge in [0.2, 0.25) is 5.82 Å². The number of allylic oxidation sites excluding steroid dienone is 1. The number of aliphatic hydroxyl groups is 1. The quantitative estimate of drug-likeness (QED) is 0.422. The van der Waals surface area contributed by atoms with E-state index in [9.17, 15) is 9.50 Å². The monoisotopic (exact) mass is 474 g/mol. The summed E-state index contributed by atoms with van der Waals surface area (Å²) in [6, 6.07) is 11.9. The second kappa shape index (κ2) is 7.99. The molecule has 0 radical (unpaired) electrons. The number of fused-ring (bicyclic) bond motifs is 3. The van der Waals surface area contributed by atoms with Crippen LogP contribution in [0.1, 0.15) is 25.1 Å². The third-order valence-electron chi connectivity index (χ3n) is 6.63. The molecule has 3 aliphatic rings. The average molecular weight is 474 g/mol. The van der Waals surface area contributed by atoms with Gasteiger partial charge in [-0.1, -0.05) is 6.07 Å². The number of nitrogen functional groups attached to an aromatic ring is 1. The molecule has 1 atom stereocenters. The standard InChI is InChI=1S/C26H23FN4O4/c1-33-18-3-2-4-19(21(18)27)34-16-7-5-15(6-8-16)22-23-24(28)29-11-12-31(23)25(30-22)17-9-10-26(14-32)13-20(17)35-26/h2-8,11-12,32H,9-10,13-14H2,1H3,(H2,28,29). The highest BCUT2D eigenvalue weighted by atomic mass is 19.1. The van der Waals surface area contributed by atoms with Crippen LogP contribution in [0.15, 0.2) is 60.6 Å². The van der Waals surface area contributed by atoms with Gasteiger partial charge in [-0.25, -0.2) is 9.97 Å². The van der Waals surface area contributed by atoms with Gasteiger partial charge in [0, 0.05) is 30.0 Å². The Kier molecular flexibility index (Phi) is 4.89. The summed E-state index contributed by atoms with van der Waals surface area (Å²) in [6.45, 7) is 0.0162. The zero-order valence-corrected chi connectivity index (χ0v) is 19.0. The first-order valence-electron chi connectivity index (χ1n) is 11.3. The van der Waals surface area contributed by atoms with Crippen LogP contribution >= 0.6 is 0 Å². The molecule has 4 heterocycles. The number of halogens is 1. The lowest BCUT2D eigenvalue weighted by Gasteiger charge is -2.48. The lowest BCUT2D eigenvalue weighted by atomic mass is 9.79. The zero-order chi connectivity index (χ0) is 24.2. The van der Waals surface area contributed by atoms with Crippen molar-refractivity contribution in [2.75, 3.05) is 19.5 Å². The molecule has 0 spiro atoms. The molecular weight excluding hydrogens is 451 g/mol. The van der Waals surface area contributed by atoms with Crippen LogP contribution in [0.2, 0.25) is 0 Å². The SMILES string of the molecule is COc1cccc(Oc2ccc(-c3nc(C4=C5CC(CO)(CC4)O5)n4ccnc(N)c34)cc2)c1F. The number of imidazole rings is 1. The molecule has 0 amide bonds. The number of anilines is 1. The van der Waals surface area contributed by atoms with Gasteiger partial charge in [-0.2, -0.15) is 4.39 Å². The van der Waals surface area contributed by atoms with E-state index in [0.29, 0.717) is 29.2 Å². The van der Waals surface area contributed by atoms with Gasteiger partial charge >= 0.3 is 0 Å². The molecule has 1 aliphatic carbocycles. The maximum atomic E-state index is 14.5. The van der Waals surface area contributed by atoms with Crippen LogP contribution in [-0.4, -0.2) is 38.8 Å². The van der Waals surface area contributed by atoms with Crippen LogP contribution in [0.5, 0.6) is 17.2 Å². The number of nitrogens with two attached hydrogens (primary N) is 1. The van der Waals surface area contributed by atoms with Crippen LogP contribution < -0.4 is 15.2 Å². The molecule has 2 aromatic heterocycles. The number of aromatic nitrogens is 3. The van der Waals surface area contributed by atoms with Gasteiger partial charge in [0.05, 0.1) is 13.7 Å². The smallest absolute Gasteiger partial charge is 0.207 e. The van der Waals surface area contributed by atoms with Crippen LogP contribution in [0.3, 0.4) is 0 Å². The predicted octanol–water partition coefficient (Wildman–Crippen LogP) is 4.57. The molecule has 3 N–H and O–H groups in total. The van der Waals surface area contributed by atoms with Gasteiger partial charge in [-0.15, -0.1) is 0 Å². The first-order valence-corrected chi connectivity index (χ1v) is 11.3. The number of methoxy groups -OCH3 is 1. The molecule has 1 saturated heterocycles. The lowest BCUT2D eigenvalue weighted by molar-refractivity contribution is -0.129. The summed E-state index contributed by atoms with van der Waals surface area (Å²) in [5.74, 6) is 2.08. The van der Waals surface area contributed by atoms with Crippen LogP contribution in [0, 0.1) is 5.82 Å². The topological polar surface area (TPSA) is 104 Å². The maximum absolute atomic E-state index is 14.5. The Morgan fingerprint density at radius 2 is 1.97 bits per heavy atom. The Balaban J connectivity index is 1.37. The summed E-state index contributed by atoms with van der Waals surface area (Å²) in [5.41, 5.74) is 9.03. The summed E-state index contributed by atoms with van der Waals surface area (Å²) in [6.07, 6.45) is 5.68. The van der Waals surface area contributed by atoms with Gasteiger partial charge in [-0.05, 0) is 49.2 Å². The van der Waals surface area contributed by atoms with Crippen molar-refractivity contribution >= 4 is 16.9 Å². The minimum Gasteiger partial charge on any atom is -0.494 e. The van der Waals surface area contributed by atoms with Crippen molar-refractivity contribution in [1.29, 1.82) is 0 Å². The molecule has 4 aromatic rings. The molecular formula is C26H23FN4O4. The molecule has 1 unspecified atom stereocenters. The molecule has 8 nitrogen and oxygen atoms in total. The summed E-state index contributed by atoms with van der Waals surface area (Å²) < 4.78 is 33.1. The summed E-state index contributed by atoms with van der Waals surface area (Å²) in [7, 11) is 1.41. The van der Waals surface area contributed by atoms with Crippen molar-refractivity contribution in [2.24, 2.45) is 0 Å². The first-order chi connectivity index (χ1) is 17.0. The molecule has 2 aromatic carbocycles. The Morgan fingerprint density at radius 1 is 1.20 bits per heavy atom. The van der Waals surface area contributed by atoms with Crippen LogP contribution in [-0.2, 0) is 4.74 Å². The number of hydrogen-bond acceptors (Lipinski definition) is 7. The number of rotatable bonds is 6. The maximum Gasteiger partial charge on any atom is 0.207 e. The van der Waals surface area contributed by atoms with Crippen LogP contribution in [0.25, 0.3) is 22.3 Å². The van der Waals surface area contributed by atoms with Gasteiger partial charge in [-0.3, -0.25) is 4.40 Å². The normalized spacial score (nSPS) is 18.8. The minimum atomic E-state index is -0.562. The van der Waals surface area contributed by atoms with E-state index < -0.39 is 11.4 Å². The number of hydrogen-bond donors (Lipinski definition) is 2. The van der Waals surface area contributed by atoms with Crippen molar-refractivity contribution in [3.8, 4) is 28.5 Å². The molecule has 0 saturated carbocycles. The number of nitrogens with zero attached hydrogens (tertiary/aromatic N) is 3. The molecule has 178 valence electrons. The second-order valence-electron chi connectivity index (χ2n) is 8.74. The Bertz CT molecular complexity index is 1470. The van der Waals surface area contributed by atoms with E-state index in [-0.39, 0.29) is 18.1 Å². The van der Waals surface area contributed by atoms with E-state index in [1.807, 2.05) is 22.7 Å². The van der Waals surface area contributed by atoms with Crippen molar-refractivity contribution in [2.45, 2.75) is 24.9 Å². The fourth-order valence-corrected chi connectivity index (χ4v) is 4.76. The van der Waals surface area contributed by atoms with E-state index in [4.69, 9.17) is 24.9 Å². The van der Waals surface area contributed by atoms with E-state index >= 15 is 0 Å². The summed E-state index contributed by atoms with van der Waals surface area (Å²) in [4.78, 5) is 9.21. The van der Waals surface area contributed by atoms with E-state index in [1.54, 1.807) is 30.5 Å². The number of aliphatic hydroxyl groups excluding tert-OH is 1. The van der Waals surface area contributed by atoms with Crippen molar-refractivity contribution < 1.29 is 23.7 Å². The third kappa shape index (κ3) is 3.38. The van der Waals surface area contributed by atoms with Gasteiger partial charge < -0.3 is 25.1 Å². The van der Waals surface area contributed by atoms with Crippen molar-refractivity contribution in [1.82, 2.24) is 14.4 Å². The minimum absolute atomic E-state index is 0.0162. The molecule has 9 heteroatoms. The Morgan fingerprint density at radius 3 is 2.66 bits per heavy atom. The molecule has 1 fully saturated rings. The fraction of sp³-hybridized carbons (Fsp3) is 0.231. The third-order valence-corrected chi connectivity index (χ3v) is 6.63. The number of benzene rings is 2. The highest BCUT2D eigenvalue weighted by molar-refractivity contribution is 5.87. The summed E-state index contributed by atoms with van der Waals surface area (Å²) in [5, 5.41) is 9.63. The molecule has 2 bridgehead atoms. The van der Waals surface area contributed by atoms with Crippen molar-refractivity contribution in [3.63, 3.8) is 0 Å². The average Bonchev–Trinajstić information content (AvgIpc) is 3.26. The van der Waals surface area contributed by atoms with E-state index in [1.165, 1.54) is 13.2 Å². The van der Waals surface area contributed by atoms with Gasteiger partial charge in [0.25, 0.3) is 0 Å².